The van der Waals surface area contributed by atoms with E-state index >= 15 is 0 Å². The Bertz CT molecular complexity index is 1110. The average Bonchev–Trinajstić information content (AvgIpc) is 2.79. The lowest BCUT2D eigenvalue weighted by Gasteiger charge is -2.21. The molecule has 0 heterocycles. The fraction of sp³-hybridized carbons (Fsp3) is 0.464. The topological polar surface area (TPSA) is 107 Å². The number of methoxy groups -OCH3 is 2. The third kappa shape index (κ3) is 10.0. The van der Waals surface area contributed by atoms with Crippen molar-refractivity contribution >= 4 is 17.9 Å². The van der Waals surface area contributed by atoms with E-state index < -0.39 is 29.9 Å². The molecular weight excluding hydrogens is 480 g/mol. The van der Waals surface area contributed by atoms with Crippen LogP contribution in [0.1, 0.15) is 63.9 Å². The molecule has 0 N–H and O–H groups in total. The van der Waals surface area contributed by atoms with Gasteiger partial charge in [-0.1, -0.05) is 6.07 Å². The molecule has 0 aliphatic carbocycles. The normalized spacial score (nSPS) is 11.4. The highest BCUT2D eigenvalue weighted by atomic mass is 16.7. The van der Waals surface area contributed by atoms with E-state index in [4.69, 9.17) is 28.4 Å². The van der Waals surface area contributed by atoms with E-state index in [1.54, 1.807) is 61.8 Å². The van der Waals surface area contributed by atoms with E-state index in [9.17, 15) is 14.4 Å². The Balaban J connectivity index is 2.20. The molecule has 2 aromatic rings. The van der Waals surface area contributed by atoms with E-state index in [1.807, 2.05) is 12.1 Å². The molecular formula is C28H36O9. The molecule has 0 bridgehead atoms. The molecule has 0 radical (unpaired) electrons. The molecule has 0 saturated heterocycles. The Morgan fingerprint density at radius 3 is 1.95 bits per heavy atom. The van der Waals surface area contributed by atoms with Crippen LogP contribution in [-0.2, 0) is 20.7 Å². The van der Waals surface area contributed by atoms with Gasteiger partial charge in [0.1, 0.15) is 11.2 Å². The number of rotatable bonds is 10. The van der Waals surface area contributed by atoms with Gasteiger partial charge in [0.15, 0.2) is 35.4 Å². The molecule has 0 aromatic heterocycles. The maximum Gasteiger partial charge on any atom is 0.514 e. The second kappa shape index (κ2) is 12.5. The quantitative estimate of drug-likeness (QED) is 0.228. The molecule has 37 heavy (non-hydrogen) atoms. The van der Waals surface area contributed by atoms with Gasteiger partial charge in [-0.15, -0.1) is 0 Å². The highest BCUT2D eigenvalue weighted by molar-refractivity contribution is 5.97. The van der Waals surface area contributed by atoms with Crippen LogP contribution in [0.15, 0.2) is 36.4 Å². The molecule has 0 saturated carbocycles. The summed E-state index contributed by atoms with van der Waals surface area (Å²) in [4.78, 5) is 37.3. The third-order valence-corrected chi connectivity index (χ3v) is 4.70. The first-order chi connectivity index (χ1) is 17.2. The minimum absolute atomic E-state index is 0.00856. The molecule has 0 unspecified atom stereocenters. The summed E-state index contributed by atoms with van der Waals surface area (Å²) in [7, 11) is 3.10. The predicted molar refractivity (Wildman–Crippen MR) is 137 cm³/mol. The summed E-state index contributed by atoms with van der Waals surface area (Å²) < 4.78 is 31.9. The molecule has 0 spiro atoms. The summed E-state index contributed by atoms with van der Waals surface area (Å²) in [5, 5.41) is 0. The average molecular weight is 517 g/mol. The second-order valence-electron chi connectivity index (χ2n) is 10.2. The fourth-order valence-corrected chi connectivity index (χ4v) is 3.19. The maximum absolute atomic E-state index is 13.0. The van der Waals surface area contributed by atoms with Crippen LogP contribution in [0.25, 0.3) is 0 Å². The third-order valence-electron chi connectivity index (χ3n) is 4.70. The van der Waals surface area contributed by atoms with Crippen molar-refractivity contribution in [1.29, 1.82) is 0 Å². The molecule has 202 valence electrons. The van der Waals surface area contributed by atoms with E-state index in [-0.39, 0.29) is 23.7 Å². The summed E-state index contributed by atoms with van der Waals surface area (Å²) in [5.41, 5.74) is -0.235. The van der Waals surface area contributed by atoms with Gasteiger partial charge >= 0.3 is 12.1 Å². The molecule has 9 heteroatoms. The zero-order valence-corrected chi connectivity index (χ0v) is 22.8. The predicted octanol–water partition coefficient (Wildman–Crippen LogP) is 5.55. The Morgan fingerprint density at radius 2 is 1.35 bits per heavy atom. The van der Waals surface area contributed by atoms with Crippen LogP contribution < -0.4 is 18.9 Å². The number of aryl methyl sites for hydroxylation is 1. The first kappa shape index (κ1) is 29.5. The van der Waals surface area contributed by atoms with E-state index in [1.165, 1.54) is 18.2 Å². The lowest BCUT2D eigenvalue weighted by molar-refractivity contribution is -0.157. The molecule has 0 amide bonds. The van der Waals surface area contributed by atoms with Crippen molar-refractivity contribution < 1.29 is 42.8 Å². The van der Waals surface area contributed by atoms with Crippen LogP contribution in [0.2, 0.25) is 0 Å². The van der Waals surface area contributed by atoms with Crippen molar-refractivity contribution in [3.8, 4) is 23.0 Å². The van der Waals surface area contributed by atoms with Gasteiger partial charge in [0, 0.05) is 12.0 Å². The van der Waals surface area contributed by atoms with E-state index in [2.05, 4.69) is 0 Å². The van der Waals surface area contributed by atoms with Crippen molar-refractivity contribution in [1.82, 2.24) is 0 Å². The minimum atomic E-state index is -0.942. The van der Waals surface area contributed by atoms with E-state index in [0.717, 1.165) is 5.56 Å². The van der Waals surface area contributed by atoms with Crippen LogP contribution in [0.3, 0.4) is 0 Å². The van der Waals surface area contributed by atoms with Crippen LogP contribution in [0.5, 0.6) is 23.0 Å². The Morgan fingerprint density at radius 1 is 0.730 bits per heavy atom. The van der Waals surface area contributed by atoms with Crippen molar-refractivity contribution in [2.45, 2.75) is 65.6 Å². The number of Topliss-reactive ketones (excluding diaryl/α,β-unsaturated/α-hetero) is 1. The molecule has 9 nitrogen and oxygen atoms in total. The number of ketones is 1. The van der Waals surface area contributed by atoms with Gasteiger partial charge in [-0.25, -0.2) is 9.59 Å². The van der Waals surface area contributed by atoms with Crippen LogP contribution >= 0.6 is 0 Å². The van der Waals surface area contributed by atoms with E-state index in [0.29, 0.717) is 23.5 Å². The molecule has 2 aromatic carbocycles. The number of hydrogen-bond acceptors (Lipinski definition) is 9. The summed E-state index contributed by atoms with van der Waals surface area (Å²) in [6.07, 6.45) is -0.279. The highest BCUT2D eigenvalue weighted by Gasteiger charge is 2.22. The number of ether oxygens (including phenoxy) is 6. The number of benzene rings is 2. The smallest absolute Gasteiger partial charge is 0.493 e. The number of carbonyl (C=O) groups excluding carboxylic acids is 3. The van der Waals surface area contributed by atoms with Crippen molar-refractivity contribution in [2.24, 2.45) is 0 Å². The van der Waals surface area contributed by atoms with Gasteiger partial charge in [-0.3, -0.25) is 4.79 Å². The number of carbonyl (C=O) groups is 3. The summed E-state index contributed by atoms with van der Waals surface area (Å²) in [6, 6.07) is 9.85. The van der Waals surface area contributed by atoms with Crippen LogP contribution in [0.4, 0.5) is 4.79 Å². The van der Waals surface area contributed by atoms with Crippen molar-refractivity contribution in [3.05, 3.63) is 47.5 Å². The maximum atomic E-state index is 13.0. The zero-order chi connectivity index (χ0) is 27.8. The number of hydrogen-bond donors (Lipinski definition) is 0. The van der Waals surface area contributed by atoms with Crippen molar-refractivity contribution in [3.63, 3.8) is 0 Å². The first-order valence-corrected chi connectivity index (χ1v) is 11.8. The van der Waals surface area contributed by atoms with Gasteiger partial charge in [0.2, 0.25) is 0 Å². The zero-order valence-electron chi connectivity index (χ0n) is 22.8. The monoisotopic (exact) mass is 516 g/mol. The Hall–Kier alpha value is -3.75. The largest absolute Gasteiger partial charge is 0.514 e. The summed E-state index contributed by atoms with van der Waals surface area (Å²) in [6.45, 7) is 9.88. The Kier molecular flexibility index (Phi) is 9.94. The van der Waals surface area contributed by atoms with Gasteiger partial charge in [0.05, 0.1) is 14.2 Å². The summed E-state index contributed by atoms with van der Waals surface area (Å²) >= 11 is 0. The van der Waals surface area contributed by atoms with Gasteiger partial charge in [-0.2, -0.15) is 0 Å². The van der Waals surface area contributed by atoms with Gasteiger partial charge < -0.3 is 28.4 Å². The molecule has 0 atom stereocenters. The molecule has 0 fully saturated rings. The SMILES string of the molecule is COc1ccc(CCC(=O)c2ccc(OC(=O)OC(C)(C)C)c(OCC(=O)OC(C)(C)C)c2)cc1OC. The minimum Gasteiger partial charge on any atom is -0.493 e. The second-order valence-corrected chi connectivity index (χ2v) is 10.2. The Labute approximate surface area is 217 Å². The molecule has 2 rings (SSSR count). The highest BCUT2D eigenvalue weighted by Crippen LogP contribution is 2.31. The number of esters is 1. The summed E-state index contributed by atoms with van der Waals surface area (Å²) in [5.74, 6) is 0.448. The fourth-order valence-electron chi connectivity index (χ4n) is 3.19. The van der Waals surface area contributed by atoms with Crippen molar-refractivity contribution in [2.75, 3.05) is 20.8 Å². The van der Waals surface area contributed by atoms with Crippen LogP contribution in [-0.4, -0.2) is 49.9 Å². The molecule has 0 aliphatic heterocycles. The lowest BCUT2D eigenvalue weighted by Crippen LogP contribution is -2.28. The van der Waals surface area contributed by atoms with Gasteiger partial charge in [0.25, 0.3) is 0 Å². The van der Waals surface area contributed by atoms with Gasteiger partial charge in [-0.05, 0) is 83.9 Å². The lowest BCUT2D eigenvalue weighted by atomic mass is 10.0. The molecule has 0 aliphatic rings. The first-order valence-electron chi connectivity index (χ1n) is 11.8. The van der Waals surface area contributed by atoms with Crippen LogP contribution in [0, 0.1) is 0 Å². The standard InChI is InChI=1S/C28H36O9/c1-27(2,3)36-25(30)17-34-24-16-19(11-14-22(24)35-26(31)37-28(4,5)6)20(29)12-9-18-10-13-21(32-7)23(15-18)33-8/h10-11,13-16H,9,12,17H2,1-8H3.